The first-order valence-corrected chi connectivity index (χ1v) is 12.0. The molecule has 4 N–H and O–H groups in total. The van der Waals surface area contributed by atoms with E-state index in [1.807, 2.05) is 0 Å². The first-order chi connectivity index (χ1) is 16.8. The maximum atomic E-state index is 12.9. The fraction of sp³-hybridized carbons (Fsp3) is 0.238. The van der Waals surface area contributed by atoms with Gasteiger partial charge in [0.25, 0.3) is 11.8 Å². The van der Waals surface area contributed by atoms with E-state index in [9.17, 15) is 24.3 Å². The molecule has 2 atom stereocenters. The molecule has 4 rings (SSSR count). The summed E-state index contributed by atoms with van der Waals surface area (Å²) >= 11 is 2.35. The Kier molecular flexibility index (Phi) is 7.02. The third-order valence-corrected chi connectivity index (χ3v) is 7.10. The number of hydrogen-bond acceptors (Lipinski definition) is 11. The van der Waals surface area contributed by atoms with Crippen molar-refractivity contribution in [2.75, 3.05) is 25.2 Å². The SMILES string of the molecule is CO/N=C(/C(=O)NC1C(=O)N2C(C(=O)O)=C(COC(=O)c3ccccc3)CS[C@H]12)c1csc(N)n1. The highest BCUT2D eigenvalue weighted by Gasteiger charge is 2.54. The van der Waals surface area contributed by atoms with Gasteiger partial charge in [-0.1, -0.05) is 23.4 Å². The van der Waals surface area contributed by atoms with E-state index >= 15 is 0 Å². The van der Waals surface area contributed by atoms with Crippen molar-refractivity contribution in [3.05, 3.63) is 58.2 Å². The number of aromatic nitrogens is 1. The molecule has 2 aromatic rings. The summed E-state index contributed by atoms with van der Waals surface area (Å²) in [4.78, 5) is 59.7. The number of nitrogen functional groups attached to an aromatic ring is 1. The van der Waals surface area contributed by atoms with Crippen molar-refractivity contribution in [1.29, 1.82) is 0 Å². The van der Waals surface area contributed by atoms with Crippen LogP contribution in [0.1, 0.15) is 16.1 Å². The minimum Gasteiger partial charge on any atom is -0.477 e. The van der Waals surface area contributed by atoms with Gasteiger partial charge in [-0.25, -0.2) is 14.6 Å². The van der Waals surface area contributed by atoms with Crippen molar-refractivity contribution in [2.45, 2.75) is 11.4 Å². The molecule has 2 aliphatic heterocycles. The zero-order valence-electron chi connectivity index (χ0n) is 18.2. The molecular formula is C21H19N5O7S2. The summed E-state index contributed by atoms with van der Waals surface area (Å²) in [5.74, 6) is -3.10. The molecule has 0 radical (unpaired) electrons. The van der Waals surface area contributed by atoms with Crippen LogP contribution in [-0.2, 0) is 24.0 Å². The number of rotatable bonds is 8. The number of nitrogens with one attached hydrogen (secondary N) is 1. The molecule has 1 aromatic heterocycles. The second-order valence-electron chi connectivity index (χ2n) is 7.25. The molecular weight excluding hydrogens is 498 g/mol. The van der Waals surface area contributed by atoms with Gasteiger partial charge in [-0.15, -0.1) is 23.1 Å². The van der Waals surface area contributed by atoms with Gasteiger partial charge in [0.2, 0.25) is 0 Å². The number of carbonyl (C=O) groups excluding carboxylic acids is 3. The minimum absolute atomic E-state index is 0.171. The Morgan fingerprint density at radius 1 is 1.31 bits per heavy atom. The largest absolute Gasteiger partial charge is 0.477 e. The second kappa shape index (κ2) is 10.1. The number of β-lactam (4-membered cyclic amide) rings is 1. The molecule has 0 bridgehead atoms. The average molecular weight is 518 g/mol. The Bertz CT molecular complexity index is 1240. The molecule has 1 fully saturated rings. The second-order valence-corrected chi connectivity index (χ2v) is 9.25. The highest BCUT2D eigenvalue weighted by atomic mass is 32.2. The maximum Gasteiger partial charge on any atom is 0.352 e. The average Bonchev–Trinajstić information content (AvgIpc) is 3.29. The number of oxime groups is 1. The molecule has 0 spiro atoms. The molecule has 1 unspecified atom stereocenters. The molecule has 0 saturated carbocycles. The number of carbonyl (C=O) groups is 4. The van der Waals surface area contributed by atoms with Crippen LogP contribution in [0.3, 0.4) is 0 Å². The summed E-state index contributed by atoms with van der Waals surface area (Å²) < 4.78 is 5.26. The van der Waals surface area contributed by atoms with Crippen LogP contribution in [0.4, 0.5) is 5.13 Å². The summed E-state index contributed by atoms with van der Waals surface area (Å²) in [6.45, 7) is -0.286. The van der Waals surface area contributed by atoms with Crippen LogP contribution in [0.5, 0.6) is 0 Å². The molecule has 3 heterocycles. The summed E-state index contributed by atoms with van der Waals surface area (Å²) in [7, 11) is 1.26. The molecule has 1 aromatic carbocycles. The summed E-state index contributed by atoms with van der Waals surface area (Å²) in [5, 5.41) is 17.1. The van der Waals surface area contributed by atoms with E-state index in [0.29, 0.717) is 5.56 Å². The van der Waals surface area contributed by atoms with Crippen LogP contribution in [0.2, 0.25) is 0 Å². The number of ether oxygens (including phenoxy) is 1. The van der Waals surface area contributed by atoms with Crippen LogP contribution in [-0.4, -0.2) is 75.3 Å². The van der Waals surface area contributed by atoms with Gasteiger partial charge in [-0.3, -0.25) is 14.5 Å². The number of anilines is 1. The smallest absolute Gasteiger partial charge is 0.352 e. The third kappa shape index (κ3) is 4.83. The Morgan fingerprint density at radius 3 is 2.69 bits per heavy atom. The van der Waals surface area contributed by atoms with Crippen molar-refractivity contribution < 1.29 is 33.9 Å². The summed E-state index contributed by atoms with van der Waals surface area (Å²) in [5.41, 5.74) is 5.97. The maximum absolute atomic E-state index is 12.9. The van der Waals surface area contributed by atoms with Gasteiger partial charge >= 0.3 is 11.9 Å². The lowest BCUT2D eigenvalue weighted by Crippen LogP contribution is -2.71. The Labute approximate surface area is 206 Å². The van der Waals surface area contributed by atoms with E-state index in [1.165, 1.54) is 24.3 Å². The van der Waals surface area contributed by atoms with E-state index in [0.717, 1.165) is 16.2 Å². The molecule has 2 amide bonds. The number of benzene rings is 1. The number of hydrogen-bond donors (Lipinski definition) is 3. The first-order valence-electron chi connectivity index (χ1n) is 10.1. The fourth-order valence-electron chi connectivity index (χ4n) is 3.51. The van der Waals surface area contributed by atoms with Crippen LogP contribution < -0.4 is 11.1 Å². The van der Waals surface area contributed by atoms with Crippen molar-refractivity contribution in [3.63, 3.8) is 0 Å². The number of esters is 1. The normalized spacial score (nSPS) is 19.5. The zero-order chi connectivity index (χ0) is 25.1. The van der Waals surface area contributed by atoms with Gasteiger partial charge in [0.15, 0.2) is 10.8 Å². The van der Waals surface area contributed by atoms with Crippen LogP contribution in [0.15, 0.2) is 52.1 Å². The van der Waals surface area contributed by atoms with Crippen molar-refractivity contribution in [1.82, 2.24) is 15.2 Å². The number of carboxylic acid groups (broad SMARTS) is 1. The number of amides is 2. The lowest BCUT2D eigenvalue weighted by Gasteiger charge is -2.49. The standard InChI is InChI=1S/C21H19N5O7S2/c1-32-25-13(12-9-35-21(22)23-12)16(27)24-14-17(28)26-15(19(29)30)11(8-34-18(14)26)7-33-20(31)10-5-3-2-4-6-10/h2-6,9,14,18H,7-8H2,1H3,(H2,22,23)(H,24,27)(H,29,30)/b25-13+/t14?,18-/m1/s1. The number of nitrogens with two attached hydrogens (primary N) is 1. The molecule has 35 heavy (non-hydrogen) atoms. The molecule has 14 heteroatoms. The molecule has 12 nitrogen and oxygen atoms in total. The number of nitrogens with zero attached hydrogens (tertiary/aromatic N) is 3. The molecule has 182 valence electrons. The number of aliphatic carboxylic acids is 1. The monoisotopic (exact) mass is 517 g/mol. The van der Waals surface area contributed by atoms with E-state index < -0.39 is 35.2 Å². The molecule has 0 aliphatic carbocycles. The third-order valence-electron chi connectivity index (χ3n) is 5.09. The van der Waals surface area contributed by atoms with Crippen molar-refractivity contribution >= 4 is 57.7 Å². The van der Waals surface area contributed by atoms with Gasteiger partial charge in [-0.05, 0) is 12.1 Å². The summed E-state index contributed by atoms with van der Waals surface area (Å²) in [6.07, 6.45) is 0. The fourth-order valence-corrected chi connectivity index (χ4v) is 5.38. The first kappa shape index (κ1) is 24.2. The van der Waals surface area contributed by atoms with Gasteiger partial charge in [0.05, 0.1) is 5.56 Å². The number of thiazole rings is 1. The predicted octanol–water partition coefficient (Wildman–Crippen LogP) is 0.671. The van der Waals surface area contributed by atoms with E-state index in [4.69, 9.17) is 15.3 Å². The number of thioether (sulfide) groups is 1. The predicted molar refractivity (Wildman–Crippen MR) is 126 cm³/mol. The lowest BCUT2D eigenvalue weighted by molar-refractivity contribution is -0.150. The van der Waals surface area contributed by atoms with Gasteiger partial charge in [-0.2, -0.15) is 0 Å². The molecule has 1 saturated heterocycles. The van der Waals surface area contributed by atoms with Gasteiger partial charge in [0, 0.05) is 16.7 Å². The highest BCUT2D eigenvalue weighted by molar-refractivity contribution is 8.00. The topological polar surface area (TPSA) is 174 Å². The zero-order valence-corrected chi connectivity index (χ0v) is 19.8. The van der Waals surface area contributed by atoms with E-state index in [2.05, 4.69) is 15.5 Å². The number of carboxylic acids is 1. The lowest BCUT2D eigenvalue weighted by atomic mass is 10.0. The molecule has 2 aliphatic rings. The minimum atomic E-state index is -1.33. The van der Waals surface area contributed by atoms with Crippen molar-refractivity contribution in [3.8, 4) is 0 Å². The Morgan fingerprint density at radius 2 is 2.06 bits per heavy atom. The Balaban J connectivity index is 1.47. The van der Waals surface area contributed by atoms with E-state index in [-0.39, 0.29) is 40.2 Å². The van der Waals surface area contributed by atoms with Crippen molar-refractivity contribution in [2.24, 2.45) is 5.16 Å². The summed E-state index contributed by atoms with van der Waals surface area (Å²) in [6, 6.07) is 7.27. The quantitative estimate of drug-likeness (QED) is 0.195. The van der Waals surface area contributed by atoms with Gasteiger partial charge < -0.3 is 25.7 Å². The van der Waals surface area contributed by atoms with Gasteiger partial charge in [0.1, 0.15) is 36.5 Å². The van der Waals surface area contributed by atoms with Crippen LogP contribution in [0, 0.1) is 0 Å². The highest BCUT2D eigenvalue weighted by Crippen LogP contribution is 2.40. The van der Waals surface area contributed by atoms with Crippen LogP contribution >= 0.6 is 23.1 Å². The van der Waals surface area contributed by atoms with E-state index in [1.54, 1.807) is 30.3 Å². The van der Waals surface area contributed by atoms with Crippen LogP contribution in [0.25, 0.3) is 0 Å². The Hall–Kier alpha value is -3.91. The number of fused-ring (bicyclic) bond motifs is 1.